The number of alkyl carbamates (subject to hydrolysis) is 1. The fourth-order valence-corrected chi connectivity index (χ4v) is 3.81. The van der Waals surface area contributed by atoms with E-state index in [4.69, 9.17) is 9.84 Å². The summed E-state index contributed by atoms with van der Waals surface area (Å²) in [5.74, 6) is -7.17. The molecule has 176 valence electrons. The van der Waals surface area contributed by atoms with Crippen LogP contribution in [0.1, 0.15) is 37.3 Å². The summed E-state index contributed by atoms with van der Waals surface area (Å²) in [6.07, 6.45) is -0.838. The molecule has 3 N–H and O–H groups in total. The Labute approximate surface area is 190 Å². The van der Waals surface area contributed by atoms with Crippen LogP contribution < -0.4 is 10.6 Å². The molecule has 0 spiro atoms. The molecule has 2 amide bonds. The van der Waals surface area contributed by atoms with Gasteiger partial charge in [0, 0.05) is 18.9 Å². The molecule has 1 aliphatic rings. The molecule has 0 radical (unpaired) electrons. The first-order valence-corrected chi connectivity index (χ1v) is 10.5. The Morgan fingerprint density at radius 1 is 0.939 bits per heavy atom. The lowest BCUT2D eigenvalue weighted by molar-refractivity contribution is -0.164. The summed E-state index contributed by atoms with van der Waals surface area (Å²) in [6, 6.07) is 15.9. The molecule has 0 heterocycles. The van der Waals surface area contributed by atoms with Gasteiger partial charge >= 0.3 is 18.0 Å². The van der Waals surface area contributed by atoms with Crippen LogP contribution in [0.5, 0.6) is 0 Å². The molecule has 3 rings (SSSR count). The summed E-state index contributed by atoms with van der Waals surface area (Å²) in [4.78, 5) is 34.6. The van der Waals surface area contributed by atoms with Crippen molar-refractivity contribution < 1.29 is 33.0 Å². The highest BCUT2D eigenvalue weighted by atomic mass is 19.3. The van der Waals surface area contributed by atoms with E-state index >= 15 is 0 Å². The van der Waals surface area contributed by atoms with E-state index in [1.54, 1.807) is 13.8 Å². The highest BCUT2D eigenvalue weighted by Crippen LogP contribution is 2.44. The Morgan fingerprint density at radius 2 is 1.48 bits per heavy atom. The van der Waals surface area contributed by atoms with E-state index in [1.165, 1.54) is 0 Å². The van der Waals surface area contributed by atoms with Gasteiger partial charge in [-0.25, -0.2) is 9.59 Å². The molecule has 2 aromatic rings. The van der Waals surface area contributed by atoms with Crippen LogP contribution in [-0.4, -0.2) is 48.7 Å². The average molecular weight is 460 g/mol. The van der Waals surface area contributed by atoms with Crippen LogP contribution in [0.25, 0.3) is 11.1 Å². The number of amides is 2. The van der Waals surface area contributed by atoms with Crippen molar-refractivity contribution >= 4 is 18.0 Å². The minimum atomic E-state index is -4.04. The second-order valence-corrected chi connectivity index (χ2v) is 8.81. The number of carbonyl (C=O) groups is 3. The Bertz CT molecular complexity index is 1010. The van der Waals surface area contributed by atoms with Gasteiger partial charge in [-0.1, -0.05) is 62.4 Å². The maximum absolute atomic E-state index is 13.1. The van der Waals surface area contributed by atoms with Crippen molar-refractivity contribution in [3.63, 3.8) is 0 Å². The number of alkyl halides is 2. The number of hydrogen-bond donors (Lipinski definition) is 3. The van der Waals surface area contributed by atoms with E-state index in [1.807, 2.05) is 53.8 Å². The molecule has 2 aromatic carbocycles. The lowest BCUT2D eigenvalue weighted by Gasteiger charge is -2.25. The molecular weight excluding hydrogens is 434 g/mol. The highest BCUT2D eigenvalue weighted by Gasteiger charge is 2.39. The molecule has 9 heteroatoms. The predicted molar refractivity (Wildman–Crippen MR) is 117 cm³/mol. The Kier molecular flexibility index (Phi) is 7.00. The third-order valence-corrected chi connectivity index (χ3v) is 5.51. The first-order chi connectivity index (χ1) is 15.5. The third kappa shape index (κ3) is 5.85. The molecule has 0 saturated heterocycles. The third-order valence-electron chi connectivity index (χ3n) is 5.51. The fraction of sp³-hybridized carbons (Fsp3) is 0.375. The number of carbonyl (C=O) groups excluding carboxylic acids is 2. The topological polar surface area (TPSA) is 105 Å². The van der Waals surface area contributed by atoms with Gasteiger partial charge in [-0.3, -0.25) is 4.79 Å². The van der Waals surface area contributed by atoms with Gasteiger partial charge in [-0.15, -0.1) is 0 Å². The van der Waals surface area contributed by atoms with E-state index in [2.05, 4.69) is 5.32 Å². The number of fused-ring (bicyclic) bond motifs is 3. The number of benzene rings is 2. The zero-order chi connectivity index (χ0) is 24.2. The van der Waals surface area contributed by atoms with Crippen LogP contribution >= 0.6 is 0 Å². The minimum Gasteiger partial charge on any atom is -0.477 e. The number of nitrogens with one attached hydrogen (secondary N) is 2. The molecule has 33 heavy (non-hydrogen) atoms. The van der Waals surface area contributed by atoms with Crippen LogP contribution in [0.15, 0.2) is 48.5 Å². The normalized spacial score (nSPS) is 13.1. The molecule has 0 aliphatic heterocycles. The molecular formula is C24H26F2N2O5. The lowest BCUT2D eigenvalue weighted by atomic mass is 9.89. The smallest absolute Gasteiger partial charge is 0.407 e. The van der Waals surface area contributed by atoms with E-state index in [0.29, 0.717) is 0 Å². The van der Waals surface area contributed by atoms with E-state index in [-0.39, 0.29) is 25.5 Å². The van der Waals surface area contributed by atoms with Crippen LogP contribution in [0, 0.1) is 5.41 Å². The van der Waals surface area contributed by atoms with Crippen molar-refractivity contribution in [2.24, 2.45) is 5.41 Å². The summed E-state index contributed by atoms with van der Waals surface area (Å²) in [5.41, 5.74) is 3.63. The quantitative estimate of drug-likeness (QED) is 0.528. The van der Waals surface area contributed by atoms with E-state index < -0.39 is 35.9 Å². The second kappa shape index (κ2) is 9.56. The van der Waals surface area contributed by atoms with Gasteiger partial charge in [-0.2, -0.15) is 8.78 Å². The Morgan fingerprint density at radius 3 is 2.03 bits per heavy atom. The lowest BCUT2D eigenvalue weighted by Crippen LogP contribution is -2.44. The number of rotatable bonds is 9. The van der Waals surface area contributed by atoms with Crippen LogP contribution in [0.3, 0.4) is 0 Å². The number of hydrogen-bond acceptors (Lipinski definition) is 4. The summed E-state index contributed by atoms with van der Waals surface area (Å²) in [5, 5.41) is 12.9. The van der Waals surface area contributed by atoms with Crippen molar-refractivity contribution in [1.29, 1.82) is 0 Å². The zero-order valence-corrected chi connectivity index (χ0v) is 18.4. The summed E-state index contributed by atoms with van der Waals surface area (Å²) < 4.78 is 31.7. The van der Waals surface area contributed by atoms with Gasteiger partial charge in [0.1, 0.15) is 6.61 Å². The van der Waals surface area contributed by atoms with Crippen LogP contribution in [0.4, 0.5) is 13.6 Å². The van der Waals surface area contributed by atoms with Crippen LogP contribution in [-0.2, 0) is 14.3 Å². The maximum atomic E-state index is 13.1. The van der Waals surface area contributed by atoms with Gasteiger partial charge in [0.25, 0.3) is 0 Å². The maximum Gasteiger partial charge on any atom is 0.407 e. The predicted octanol–water partition coefficient (Wildman–Crippen LogP) is 3.78. The van der Waals surface area contributed by atoms with E-state index in [9.17, 15) is 23.2 Å². The highest BCUT2D eigenvalue weighted by molar-refractivity contribution is 5.80. The first-order valence-electron chi connectivity index (χ1n) is 10.5. The monoisotopic (exact) mass is 460 g/mol. The van der Waals surface area contributed by atoms with Gasteiger partial charge < -0.3 is 20.5 Å². The number of aliphatic carboxylic acids is 1. The van der Waals surface area contributed by atoms with Gasteiger partial charge in [0.05, 0.1) is 6.54 Å². The van der Waals surface area contributed by atoms with Crippen molar-refractivity contribution in [3.8, 4) is 11.1 Å². The van der Waals surface area contributed by atoms with Crippen molar-refractivity contribution in [3.05, 3.63) is 59.7 Å². The van der Waals surface area contributed by atoms with Crippen molar-refractivity contribution in [1.82, 2.24) is 10.6 Å². The number of carboxylic acids is 1. The first kappa shape index (κ1) is 24.2. The van der Waals surface area contributed by atoms with Crippen molar-refractivity contribution in [2.75, 3.05) is 19.7 Å². The molecule has 0 aromatic heterocycles. The fourth-order valence-electron chi connectivity index (χ4n) is 3.81. The van der Waals surface area contributed by atoms with Gasteiger partial charge in [-0.05, 0) is 27.7 Å². The molecule has 0 saturated carbocycles. The van der Waals surface area contributed by atoms with Crippen molar-refractivity contribution in [2.45, 2.75) is 32.1 Å². The number of ether oxygens (including phenoxy) is 1. The Hall–Kier alpha value is -3.49. The summed E-state index contributed by atoms with van der Waals surface area (Å²) >= 11 is 0. The zero-order valence-electron chi connectivity index (χ0n) is 18.4. The minimum absolute atomic E-state index is 0.0619. The standard InChI is InChI=1S/C24H26F2N2O5/c1-23(2,11-20(29)27-14-24(25,26)21(30)31)13-28-22(32)33-12-19-17-9-5-3-7-15(17)16-8-4-6-10-18(16)19/h3-10,19H,11-14H2,1-2H3,(H,27,29)(H,28,32)(H,30,31). The molecule has 0 atom stereocenters. The van der Waals surface area contributed by atoms with Crippen LogP contribution in [0.2, 0.25) is 0 Å². The second-order valence-electron chi connectivity index (χ2n) is 8.81. The number of carboxylic acid groups (broad SMARTS) is 1. The molecule has 1 aliphatic carbocycles. The molecule has 0 bridgehead atoms. The van der Waals surface area contributed by atoms with Gasteiger partial charge in [0.15, 0.2) is 0 Å². The summed E-state index contributed by atoms with van der Waals surface area (Å²) in [6.45, 7) is 2.26. The SMILES string of the molecule is CC(C)(CNC(=O)OCC1c2ccccc2-c2ccccc21)CC(=O)NCC(F)(F)C(=O)O. The van der Waals surface area contributed by atoms with E-state index in [0.717, 1.165) is 22.3 Å². The molecule has 0 unspecified atom stereocenters. The van der Waals surface area contributed by atoms with Gasteiger partial charge in [0.2, 0.25) is 5.91 Å². The molecule has 0 fully saturated rings. The largest absolute Gasteiger partial charge is 0.477 e. The summed E-state index contributed by atoms with van der Waals surface area (Å²) in [7, 11) is 0. The average Bonchev–Trinajstić information content (AvgIpc) is 3.08. The molecule has 7 nitrogen and oxygen atoms in total. The Balaban J connectivity index is 1.49. The number of halogens is 2.